The van der Waals surface area contributed by atoms with E-state index in [9.17, 15) is 0 Å². The van der Waals surface area contributed by atoms with Crippen LogP contribution in [0.4, 0.5) is 0 Å². The Labute approximate surface area is 153 Å². The number of hydrogen-bond donors (Lipinski definition) is 0. The average molecular weight is 340 g/mol. The van der Waals surface area contributed by atoms with Crippen LogP contribution in [0.25, 0.3) is 32.0 Å². The molecule has 1 heteroatoms. The van der Waals surface area contributed by atoms with Gasteiger partial charge in [0.25, 0.3) is 0 Å². The lowest BCUT2D eigenvalue weighted by Gasteiger charge is -2.07. The van der Waals surface area contributed by atoms with Crippen molar-refractivity contribution in [2.24, 2.45) is 0 Å². The second-order valence-electron chi connectivity index (χ2n) is 6.38. The molecular weight excluding hydrogens is 320 g/mol. The first-order valence-corrected chi connectivity index (χ1v) is 9.36. The number of benzene rings is 3. The highest BCUT2D eigenvalue weighted by atomic mass is 32.1. The van der Waals surface area contributed by atoms with E-state index in [1.807, 2.05) is 11.3 Å². The van der Waals surface area contributed by atoms with Gasteiger partial charge in [-0.1, -0.05) is 78.9 Å². The Morgan fingerprint density at radius 3 is 1.84 bits per heavy atom. The molecule has 0 N–H and O–H groups in total. The van der Waals surface area contributed by atoms with Gasteiger partial charge in [0, 0.05) is 15.3 Å². The van der Waals surface area contributed by atoms with Crippen molar-refractivity contribution in [1.29, 1.82) is 0 Å². The highest BCUT2D eigenvalue weighted by Crippen LogP contribution is 2.43. The lowest BCUT2D eigenvalue weighted by atomic mass is 9.98. The molecule has 1 aromatic heterocycles. The van der Waals surface area contributed by atoms with Crippen LogP contribution in [0.5, 0.6) is 0 Å². The molecule has 0 bridgehead atoms. The maximum absolute atomic E-state index is 2.34. The molecule has 0 saturated heterocycles. The number of hydrogen-bond acceptors (Lipinski definition) is 1. The maximum atomic E-state index is 2.34. The van der Waals surface area contributed by atoms with E-state index in [0.717, 1.165) is 0 Å². The van der Waals surface area contributed by atoms with E-state index in [0.29, 0.717) is 0 Å². The van der Waals surface area contributed by atoms with Crippen molar-refractivity contribution in [3.05, 3.63) is 96.1 Å². The molecule has 4 rings (SSSR count). The summed E-state index contributed by atoms with van der Waals surface area (Å²) >= 11 is 1.87. The molecule has 0 atom stereocenters. The van der Waals surface area contributed by atoms with Gasteiger partial charge in [0.05, 0.1) is 0 Å². The largest absolute Gasteiger partial charge is 0.135 e. The molecule has 0 unspecified atom stereocenters. The molecule has 0 radical (unpaired) electrons. The van der Waals surface area contributed by atoms with Crippen LogP contribution < -0.4 is 0 Å². The van der Waals surface area contributed by atoms with Crippen LogP contribution in [0.2, 0.25) is 0 Å². The summed E-state index contributed by atoms with van der Waals surface area (Å²) in [6, 6.07) is 30.5. The third-order valence-electron chi connectivity index (χ3n) is 4.64. The molecule has 4 aromatic rings. The van der Waals surface area contributed by atoms with Gasteiger partial charge < -0.3 is 0 Å². The minimum Gasteiger partial charge on any atom is -0.135 e. The Morgan fingerprint density at radius 2 is 1.20 bits per heavy atom. The highest BCUT2D eigenvalue weighted by molar-refractivity contribution is 7.19. The van der Waals surface area contributed by atoms with Crippen LogP contribution in [0, 0.1) is 13.8 Å². The third-order valence-corrected chi connectivity index (χ3v) is 5.88. The monoisotopic (exact) mass is 340 g/mol. The van der Waals surface area contributed by atoms with Gasteiger partial charge in [-0.05, 0) is 47.7 Å². The van der Waals surface area contributed by atoms with Gasteiger partial charge in [-0.25, -0.2) is 0 Å². The van der Waals surface area contributed by atoms with Gasteiger partial charge in [-0.15, -0.1) is 11.3 Å². The molecule has 122 valence electrons. The fraction of sp³-hybridized carbons (Fsp3) is 0.0833. The molecule has 0 saturated carbocycles. The molecule has 0 amide bonds. The Hall–Kier alpha value is -2.64. The summed E-state index contributed by atoms with van der Waals surface area (Å²) in [6.45, 7) is 4.35. The molecule has 0 aliphatic carbocycles. The zero-order chi connectivity index (χ0) is 17.2. The zero-order valence-electron chi connectivity index (χ0n) is 14.5. The van der Waals surface area contributed by atoms with E-state index < -0.39 is 0 Å². The first-order valence-electron chi connectivity index (χ1n) is 8.54. The van der Waals surface area contributed by atoms with Crippen LogP contribution >= 0.6 is 11.3 Å². The van der Waals surface area contributed by atoms with Crippen molar-refractivity contribution in [2.75, 3.05) is 0 Å². The van der Waals surface area contributed by atoms with E-state index in [1.165, 1.54) is 43.1 Å². The first kappa shape index (κ1) is 15.9. The summed E-state index contributed by atoms with van der Waals surface area (Å²) in [5.74, 6) is 0. The summed E-state index contributed by atoms with van der Waals surface area (Å²) in [6.07, 6.45) is 0. The predicted octanol–water partition coefficient (Wildman–Crippen LogP) is 7.37. The third kappa shape index (κ3) is 3.16. The summed E-state index contributed by atoms with van der Waals surface area (Å²) < 4.78 is 0. The zero-order valence-corrected chi connectivity index (χ0v) is 15.3. The minimum absolute atomic E-state index is 1.28. The number of aryl methyl sites for hydroxylation is 2. The van der Waals surface area contributed by atoms with E-state index >= 15 is 0 Å². The van der Waals surface area contributed by atoms with Crippen LogP contribution in [0.1, 0.15) is 11.1 Å². The van der Waals surface area contributed by atoms with Gasteiger partial charge in [0.15, 0.2) is 0 Å². The lowest BCUT2D eigenvalue weighted by molar-refractivity contribution is 1.34. The Morgan fingerprint density at radius 1 is 0.560 bits per heavy atom. The summed E-state index contributed by atoms with van der Waals surface area (Å²) in [4.78, 5) is 2.65. The van der Waals surface area contributed by atoms with Crippen LogP contribution in [-0.4, -0.2) is 0 Å². The van der Waals surface area contributed by atoms with Gasteiger partial charge in [-0.2, -0.15) is 0 Å². The van der Waals surface area contributed by atoms with E-state index in [2.05, 4.69) is 98.8 Å². The van der Waals surface area contributed by atoms with E-state index in [-0.39, 0.29) is 0 Å². The van der Waals surface area contributed by atoms with Crippen LogP contribution in [0.3, 0.4) is 0 Å². The molecule has 25 heavy (non-hydrogen) atoms. The number of thiophene rings is 1. The van der Waals surface area contributed by atoms with Gasteiger partial charge >= 0.3 is 0 Å². The molecule has 0 nitrogen and oxygen atoms in total. The van der Waals surface area contributed by atoms with Crippen molar-refractivity contribution in [1.82, 2.24) is 0 Å². The maximum Gasteiger partial charge on any atom is 0.0427 e. The lowest BCUT2D eigenvalue weighted by Crippen LogP contribution is -1.84. The quantitative estimate of drug-likeness (QED) is 0.365. The van der Waals surface area contributed by atoms with Crippen LogP contribution in [0.15, 0.2) is 84.9 Å². The Balaban J connectivity index is 1.92. The summed E-state index contributed by atoms with van der Waals surface area (Å²) in [5.41, 5.74) is 7.84. The fourth-order valence-electron chi connectivity index (χ4n) is 3.06. The first-order chi connectivity index (χ1) is 12.2. The van der Waals surface area contributed by atoms with Gasteiger partial charge in [0.1, 0.15) is 0 Å². The SMILES string of the molecule is Cc1ccc(-c2cc(-c3ccccc3)sc2-c2ccccc2)cc1C. The topological polar surface area (TPSA) is 0 Å². The molecule has 1 heterocycles. The normalized spacial score (nSPS) is 10.8. The fourth-order valence-corrected chi connectivity index (χ4v) is 4.25. The van der Waals surface area contributed by atoms with Crippen molar-refractivity contribution < 1.29 is 0 Å². The van der Waals surface area contributed by atoms with E-state index in [1.54, 1.807) is 0 Å². The summed E-state index contributed by atoms with van der Waals surface area (Å²) in [5, 5.41) is 0. The number of rotatable bonds is 3. The van der Waals surface area contributed by atoms with Gasteiger partial charge in [-0.3, -0.25) is 0 Å². The average Bonchev–Trinajstić information content (AvgIpc) is 3.11. The van der Waals surface area contributed by atoms with Crippen molar-refractivity contribution >= 4 is 11.3 Å². The predicted molar refractivity (Wildman–Crippen MR) is 110 cm³/mol. The van der Waals surface area contributed by atoms with Crippen molar-refractivity contribution in [2.45, 2.75) is 13.8 Å². The molecule has 0 spiro atoms. The smallest absolute Gasteiger partial charge is 0.0427 e. The van der Waals surface area contributed by atoms with E-state index in [4.69, 9.17) is 0 Å². The molecule has 0 aliphatic rings. The molecular formula is C24H20S. The Kier molecular flexibility index (Phi) is 4.25. The standard InChI is InChI=1S/C24H20S/c1-17-13-14-21(15-18(17)2)22-16-23(19-9-5-3-6-10-19)25-24(22)20-11-7-4-8-12-20/h3-16H,1-2H3. The second kappa shape index (κ2) is 6.70. The molecule has 0 aliphatic heterocycles. The van der Waals surface area contributed by atoms with Crippen molar-refractivity contribution in [3.63, 3.8) is 0 Å². The minimum atomic E-state index is 1.28. The van der Waals surface area contributed by atoms with Crippen molar-refractivity contribution in [3.8, 4) is 32.0 Å². The Bertz CT molecular complexity index is 995. The van der Waals surface area contributed by atoms with Gasteiger partial charge in [0.2, 0.25) is 0 Å². The van der Waals surface area contributed by atoms with Crippen LogP contribution in [-0.2, 0) is 0 Å². The highest BCUT2D eigenvalue weighted by Gasteiger charge is 2.14. The molecule has 0 fully saturated rings. The second-order valence-corrected chi connectivity index (χ2v) is 7.44. The summed E-state index contributed by atoms with van der Waals surface area (Å²) in [7, 11) is 0. The molecule has 3 aromatic carbocycles.